The third-order valence-electron chi connectivity index (χ3n) is 2.69. The second-order valence-electron chi connectivity index (χ2n) is 4.00. The van der Waals surface area contributed by atoms with E-state index in [2.05, 4.69) is 19.2 Å². The predicted molar refractivity (Wildman–Crippen MR) is 56.0 cm³/mol. The van der Waals surface area contributed by atoms with E-state index in [1.54, 1.807) is 0 Å². The van der Waals surface area contributed by atoms with Crippen LogP contribution in [0.15, 0.2) is 0 Å². The second-order valence-corrected chi connectivity index (χ2v) is 4.00. The fourth-order valence-electron chi connectivity index (χ4n) is 1.59. The molecule has 1 aliphatic carbocycles. The Balaban J connectivity index is 1.87. The molecule has 1 N–H and O–H groups in total. The summed E-state index contributed by atoms with van der Waals surface area (Å²) in [6.45, 7) is 6.56. The quantitative estimate of drug-likeness (QED) is 0.615. The van der Waals surface area contributed by atoms with Crippen molar-refractivity contribution in [3.8, 4) is 0 Å². The lowest BCUT2D eigenvalue weighted by Gasteiger charge is -2.29. The standard InChI is InChI=1S/C11H23NO/c1-3-12-9-5-6-10(2)13-11-7-4-8-11/h10-12H,3-9H2,1-2H3. The molecular formula is C11H23NO. The topological polar surface area (TPSA) is 21.3 Å². The average Bonchev–Trinajstić information content (AvgIpc) is 2.06. The number of ether oxygens (including phenoxy) is 1. The number of nitrogens with one attached hydrogen (secondary N) is 1. The minimum absolute atomic E-state index is 0.462. The third-order valence-corrected chi connectivity index (χ3v) is 2.69. The lowest BCUT2D eigenvalue weighted by Crippen LogP contribution is -2.27. The van der Waals surface area contributed by atoms with E-state index in [1.807, 2.05) is 0 Å². The zero-order valence-corrected chi connectivity index (χ0v) is 9.01. The Hall–Kier alpha value is -0.0800. The highest BCUT2D eigenvalue weighted by atomic mass is 16.5. The van der Waals surface area contributed by atoms with Gasteiger partial charge in [0, 0.05) is 0 Å². The Bertz CT molecular complexity index is 123. The molecule has 13 heavy (non-hydrogen) atoms. The number of hydrogen-bond donors (Lipinski definition) is 1. The van der Waals surface area contributed by atoms with Crippen LogP contribution in [0.25, 0.3) is 0 Å². The van der Waals surface area contributed by atoms with Crippen molar-refractivity contribution >= 4 is 0 Å². The lowest BCUT2D eigenvalue weighted by atomic mass is 9.96. The zero-order chi connectivity index (χ0) is 9.52. The average molecular weight is 185 g/mol. The largest absolute Gasteiger partial charge is 0.375 e. The molecule has 0 spiro atoms. The van der Waals surface area contributed by atoms with Gasteiger partial charge in [0.05, 0.1) is 12.2 Å². The molecule has 1 rings (SSSR count). The van der Waals surface area contributed by atoms with Gasteiger partial charge in [0.2, 0.25) is 0 Å². The molecule has 0 radical (unpaired) electrons. The molecule has 0 amide bonds. The van der Waals surface area contributed by atoms with Crippen molar-refractivity contribution in [3.05, 3.63) is 0 Å². The Morgan fingerprint density at radius 2 is 2.23 bits per heavy atom. The Morgan fingerprint density at radius 3 is 2.77 bits per heavy atom. The van der Waals surface area contributed by atoms with Gasteiger partial charge in [0.15, 0.2) is 0 Å². The van der Waals surface area contributed by atoms with Crippen molar-refractivity contribution < 1.29 is 4.74 Å². The highest BCUT2D eigenvalue weighted by Gasteiger charge is 2.19. The van der Waals surface area contributed by atoms with Crippen LogP contribution in [-0.4, -0.2) is 25.3 Å². The van der Waals surface area contributed by atoms with Crippen molar-refractivity contribution in [2.24, 2.45) is 0 Å². The van der Waals surface area contributed by atoms with E-state index in [1.165, 1.54) is 32.1 Å². The SMILES string of the molecule is CCNCCCC(C)OC1CCC1. The van der Waals surface area contributed by atoms with E-state index in [9.17, 15) is 0 Å². The van der Waals surface area contributed by atoms with Gasteiger partial charge in [-0.25, -0.2) is 0 Å². The van der Waals surface area contributed by atoms with Gasteiger partial charge in [0.25, 0.3) is 0 Å². The molecule has 2 nitrogen and oxygen atoms in total. The van der Waals surface area contributed by atoms with Crippen LogP contribution in [0.5, 0.6) is 0 Å². The van der Waals surface area contributed by atoms with E-state index in [-0.39, 0.29) is 0 Å². The van der Waals surface area contributed by atoms with Gasteiger partial charge in [-0.05, 0) is 52.1 Å². The van der Waals surface area contributed by atoms with Crippen molar-refractivity contribution in [1.29, 1.82) is 0 Å². The summed E-state index contributed by atoms with van der Waals surface area (Å²) in [7, 11) is 0. The Kier molecular flexibility index (Phi) is 5.40. The van der Waals surface area contributed by atoms with Gasteiger partial charge in [-0.3, -0.25) is 0 Å². The Morgan fingerprint density at radius 1 is 1.46 bits per heavy atom. The molecule has 0 aromatic heterocycles. The molecule has 0 aromatic carbocycles. The molecule has 0 aliphatic heterocycles. The van der Waals surface area contributed by atoms with Crippen LogP contribution in [0.3, 0.4) is 0 Å². The number of hydrogen-bond acceptors (Lipinski definition) is 2. The molecule has 1 saturated carbocycles. The van der Waals surface area contributed by atoms with E-state index in [4.69, 9.17) is 4.74 Å². The maximum atomic E-state index is 5.84. The molecule has 1 unspecified atom stereocenters. The van der Waals surface area contributed by atoms with Gasteiger partial charge in [-0.2, -0.15) is 0 Å². The first kappa shape index (κ1) is 11.0. The molecule has 0 bridgehead atoms. The smallest absolute Gasteiger partial charge is 0.0578 e. The predicted octanol–water partition coefficient (Wildman–Crippen LogP) is 2.33. The monoisotopic (exact) mass is 185 g/mol. The van der Waals surface area contributed by atoms with Crippen LogP contribution in [0.2, 0.25) is 0 Å². The number of rotatable bonds is 7. The van der Waals surface area contributed by atoms with E-state index in [0.717, 1.165) is 13.1 Å². The molecular weight excluding hydrogens is 162 g/mol. The minimum atomic E-state index is 0.462. The van der Waals surface area contributed by atoms with E-state index < -0.39 is 0 Å². The van der Waals surface area contributed by atoms with Crippen LogP contribution >= 0.6 is 0 Å². The van der Waals surface area contributed by atoms with Crippen molar-refractivity contribution in [2.45, 2.75) is 58.2 Å². The van der Waals surface area contributed by atoms with Gasteiger partial charge < -0.3 is 10.1 Å². The van der Waals surface area contributed by atoms with Crippen LogP contribution in [0.1, 0.15) is 46.0 Å². The van der Waals surface area contributed by atoms with Gasteiger partial charge in [-0.1, -0.05) is 6.92 Å². The van der Waals surface area contributed by atoms with Crippen molar-refractivity contribution in [1.82, 2.24) is 5.32 Å². The zero-order valence-electron chi connectivity index (χ0n) is 9.01. The molecule has 1 atom stereocenters. The summed E-state index contributed by atoms with van der Waals surface area (Å²) in [5.74, 6) is 0. The van der Waals surface area contributed by atoms with Crippen LogP contribution < -0.4 is 5.32 Å². The minimum Gasteiger partial charge on any atom is -0.375 e. The Labute approximate surface area is 82.0 Å². The second kappa shape index (κ2) is 6.39. The van der Waals surface area contributed by atoms with Gasteiger partial charge >= 0.3 is 0 Å². The van der Waals surface area contributed by atoms with Crippen molar-refractivity contribution in [2.75, 3.05) is 13.1 Å². The maximum Gasteiger partial charge on any atom is 0.0578 e. The molecule has 0 aromatic rings. The summed E-state index contributed by atoms with van der Waals surface area (Å²) in [4.78, 5) is 0. The highest BCUT2D eigenvalue weighted by Crippen LogP contribution is 2.24. The molecule has 2 heteroatoms. The fraction of sp³-hybridized carbons (Fsp3) is 1.00. The maximum absolute atomic E-state index is 5.84. The fourth-order valence-corrected chi connectivity index (χ4v) is 1.59. The highest BCUT2D eigenvalue weighted by molar-refractivity contribution is 4.70. The summed E-state index contributed by atoms with van der Waals surface area (Å²) < 4.78 is 5.84. The third kappa shape index (κ3) is 4.63. The first-order chi connectivity index (χ1) is 6.33. The molecule has 0 saturated heterocycles. The molecule has 0 heterocycles. The first-order valence-corrected chi connectivity index (χ1v) is 5.69. The normalized spacial score (nSPS) is 19.8. The van der Waals surface area contributed by atoms with Crippen molar-refractivity contribution in [3.63, 3.8) is 0 Å². The van der Waals surface area contributed by atoms with Gasteiger partial charge in [0.1, 0.15) is 0 Å². The molecule has 1 fully saturated rings. The summed E-state index contributed by atoms with van der Waals surface area (Å²) in [6.07, 6.45) is 7.44. The van der Waals surface area contributed by atoms with Crippen LogP contribution in [0.4, 0.5) is 0 Å². The van der Waals surface area contributed by atoms with E-state index in [0.29, 0.717) is 12.2 Å². The van der Waals surface area contributed by atoms with E-state index >= 15 is 0 Å². The summed E-state index contributed by atoms with van der Waals surface area (Å²) in [5.41, 5.74) is 0. The lowest BCUT2D eigenvalue weighted by molar-refractivity contribution is -0.0464. The summed E-state index contributed by atoms with van der Waals surface area (Å²) >= 11 is 0. The molecule has 78 valence electrons. The van der Waals surface area contributed by atoms with Crippen LogP contribution in [-0.2, 0) is 4.74 Å². The summed E-state index contributed by atoms with van der Waals surface area (Å²) in [5, 5.41) is 3.33. The van der Waals surface area contributed by atoms with Gasteiger partial charge in [-0.15, -0.1) is 0 Å². The first-order valence-electron chi connectivity index (χ1n) is 5.69. The van der Waals surface area contributed by atoms with Crippen LogP contribution in [0, 0.1) is 0 Å². The molecule has 1 aliphatic rings. The summed E-state index contributed by atoms with van der Waals surface area (Å²) in [6, 6.07) is 0.